The maximum atomic E-state index is 12.5. The van der Waals surface area contributed by atoms with Crippen LogP contribution >= 0.6 is 0 Å². The Morgan fingerprint density at radius 1 is 1.04 bits per heavy atom. The average Bonchev–Trinajstić information content (AvgIpc) is 2.69. The second kappa shape index (κ2) is 11.5. The van der Waals surface area contributed by atoms with Crippen molar-refractivity contribution in [1.82, 2.24) is 15.1 Å². The fraction of sp³-hybridized carbons (Fsp3) is 0.905. The molecule has 2 amide bonds. The number of nitrogens with zero attached hydrogens (tertiary/aromatic N) is 2. The van der Waals surface area contributed by atoms with Gasteiger partial charge in [0.15, 0.2) is 0 Å². The van der Waals surface area contributed by atoms with E-state index in [1.165, 1.54) is 44.9 Å². The van der Waals surface area contributed by atoms with E-state index in [-0.39, 0.29) is 18.6 Å². The van der Waals surface area contributed by atoms with Gasteiger partial charge in [0.2, 0.25) is 0 Å². The number of amides is 2. The molecular formula is C21H39N3O3. The van der Waals surface area contributed by atoms with E-state index in [9.17, 15) is 9.59 Å². The topological polar surface area (TPSA) is 72.9 Å². The minimum Gasteiger partial charge on any atom is -0.480 e. The highest BCUT2D eigenvalue weighted by molar-refractivity contribution is 5.74. The molecule has 2 aliphatic rings. The number of carboxylic acid groups (broad SMARTS) is 1. The summed E-state index contributed by atoms with van der Waals surface area (Å²) in [6.07, 6.45) is 10.9. The lowest BCUT2D eigenvalue weighted by Crippen LogP contribution is -2.51. The van der Waals surface area contributed by atoms with E-state index in [0.717, 1.165) is 44.9 Å². The molecule has 0 spiro atoms. The monoisotopic (exact) mass is 381 g/mol. The van der Waals surface area contributed by atoms with Gasteiger partial charge in [0.25, 0.3) is 0 Å². The zero-order chi connectivity index (χ0) is 19.6. The van der Waals surface area contributed by atoms with Gasteiger partial charge in [0.1, 0.15) is 0 Å². The van der Waals surface area contributed by atoms with Gasteiger partial charge < -0.3 is 15.3 Å². The van der Waals surface area contributed by atoms with Crippen LogP contribution in [0.4, 0.5) is 4.79 Å². The molecule has 1 heterocycles. The Balaban J connectivity index is 1.64. The summed E-state index contributed by atoms with van der Waals surface area (Å²) in [6.45, 7) is 7.33. The van der Waals surface area contributed by atoms with Crippen LogP contribution in [0, 0.1) is 11.8 Å². The van der Waals surface area contributed by atoms with E-state index in [1.54, 1.807) is 0 Å². The lowest BCUT2D eigenvalue weighted by Gasteiger charge is -2.37. The number of unbranched alkanes of at least 4 members (excludes halogenated alkanes) is 1. The molecule has 27 heavy (non-hydrogen) atoms. The summed E-state index contributed by atoms with van der Waals surface area (Å²) >= 11 is 0. The van der Waals surface area contributed by atoms with Crippen molar-refractivity contribution in [1.29, 1.82) is 0 Å². The molecule has 0 atom stereocenters. The zero-order valence-electron chi connectivity index (χ0n) is 17.3. The van der Waals surface area contributed by atoms with Crippen molar-refractivity contribution in [2.75, 3.05) is 32.7 Å². The summed E-state index contributed by atoms with van der Waals surface area (Å²) in [7, 11) is 0. The Morgan fingerprint density at radius 3 is 2.22 bits per heavy atom. The van der Waals surface area contributed by atoms with Crippen LogP contribution in [-0.2, 0) is 4.79 Å². The average molecular weight is 382 g/mol. The highest BCUT2D eigenvalue weighted by Gasteiger charge is 2.28. The van der Waals surface area contributed by atoms with Crippen molar-refractivity contribution in [3.63, 3.8) is 0 Å². The molecule has 1 saturated heterocycles. The molecule has 2 N–H and O–H groups in total. The molecule has 2 fully saturated rings. The summed E-state index contributed by atoms with van der Waals surface area (Å²) in [5.41, 5.74) is 0. The first-order chi connectivity index (χ1) is 13.0. The summed E-state index contributed by atoms with van der Waals surface area (Å²) in [6, 6.07) is 0.330. The zero-order valence-corrected chi connectivity index (χ0v) is 17.3. The third-order valence-electron chi connectivity index (χ3n) is 6.49. The van der Waals surface area contributed by atoms with Crippen LogP contribution in [0.2, 0.25) is 0 Å². The molecule has 1 aliphatic carbocycles. The number of carbonyl (C=O) groups is 2. The highest BCUT2D eigenvalue weighted by atomic mass is 16.4. The van der Waals surface area contributed by atoms with Gasteiger partial charge in [0, 0.05) is 25.7 Å². The lowest BCUT2D eigenvalue weighted by molar-refractivity contribution is -0.139. The van der Waals surface area contributed by atoms with E-state index >= 15 is 0 Å². The standard InChI is InChI=1S/C21H39N3O3/c1-3-5-6-17-7-9-18(10-8-17)15-22-21(27)24-13-11-19(12-14-24)23(4-2)16-20(25)26/h17-19H,3-16H2,1-2H3,(H,22,27)(H,25,26). The maximum absolute atomic E-state index is 12.5. The second-order valence-electron chi connectivity index (χ2n) is 8.39. The molecule has 2 rings (SSSR count). The van der Waals surface area contributed by atoms with Crippen LogP contribution in [0.3, 0.4) is 0 Å². The number of hydrogen-bond donors (Lipinski definition) is 2. The van der Waals surface area contributed by atoms with Crippen molar-refractivity contribution in [2.24, 2.45) is 11.8 Å². The number of nitrogens with one attached hydrogen (secondary N) is 1. The van der Waals surface area contributed by atoms with Crippen molar-refractivity contribution in [3.05, 3.63) is 0 Å². The van der Waals surface area contributed by atoms with Gasteiger partial charge in [-0.25, -0.2) is 4.79 Å². The molecule has 0 unspecified atom stereocenters. The predicted octanol–water partition coefficient (Wildman–Crippen LogP) is 3.56. The Kier molecular flexibility index (Phi) is 9.39. The largest absolute Gasteiger partial charge is 0.480 e. The molecule has 1 saturated carbocycles. The smallest absolute Gasteiger partial charge is 0.317 e. The van der Waals surface area contributed by atoms with Crippen LogP contribution in [0.1, 0.15) is 71.6 Å². The number of carbonyl (C=O) groups excluding carboxylic acids is 1. The van der Waals surface area contributed by atoms with Crippen molar-refractivity contribution < 1.29 is 14.7 Å². The van der Waals surface area contributed by atoms with Crippen LogP contribution in [0.25, 0.3) is 0 Å². The molecular weight excluding hydrogens is 342 g/mol. The number of urea groups is 1. The minimum atomic E-state index is -0.776. The number of piperidine rings is 1. The number of hydrogen-bond acceptors (Lipinski definition) is 3. The van der Waals surface area contributed by atoms with Crippen LogP contribution in [0.5, 0.6) is 0 Å². The van der Waals surface area contributed by atoms with E-state index in [1.807, 2.05) is 16.7 Å². The molecule has 0 aromatic rings. The number of carboxylic acids is 1. The third-order valence-corrected chi connectivity index (χ3v) is 6.49. The van der Waals surface area contributed by atoms with Crippen molar-refractivity contribution in [2.45, 2.75) is 77.7 Å². The van der Waals surface area contributed by atoms with E-state index in [0.29, 0.717) is 5.92 Å². The summed E-state index contributed by atoms with van der Waals surface area (Å²) in [4.78, 5) is 27.4. The molecule has 0 aromatic heterocycles. The molecule has 1 aliphatic heterocycles. The van der Waals surface area contributed by atoms with Crippen LogP contribution in [0.15, 0.2) is 0 Å². The molecule has 0 aromatic carbocycles. The Hall–Kier alpha value is -1.30. The predicted molar refractivity (Wildman–Crippen MR) is 108 cm³/mol. The number of aliphatic carboxylic acids is 1. The molecule has 0 radical (unpaired) electrons. The van der Waals surface area contributed by atoms with E-state index < -0.39 is 5.97 Å². The number of likely N-dealkylation sites (N-methyl/N-ethyl adjacent to an activating group) is 1. The SMILES string of the molecule is CCCCC1CCC(CNC(=O)N2CCC(N(CC)CC(=O)O)CC2)CC1. The number of rotatable bonds is 9. The van der Waals surface area contributed by atoms with Crippen LogP contribution in [-0.4, -0.2) is 65.7 Å². The molecule has 6 nitrogen and oxygen atoms in total. The van der Waals surface area contributed by atoms with E-state index in [4.69, 9.17) is 5.11 Å². The fourth-order valence-electron chi connectivity index (χ4n) is 4.67. The fourth-order valence-corrected chi connectivity index (χ4v) is 4.67. The normalized spacial score (nSPS) is 24.2. The third kappa shape index (κ3) is 7.32. The summed E-state index contributed by atoms with van der Waals surface area (Å²) in [5, 5.41) is 12.2. The van der Waals surface area contributed by atoms with Gasteiger partial charge in [-0.2, -0.15) is 0 Å². The maximum Gasteiger partial charge on any atom is 0.317 e. The Labute approximate surface area is 164 Å². The van der Waals surface area contributed by atoms with Gasteiger partial charge >= 0.3 is 12.0 Å². The minimum absolute atomic E-state index is 0.0582. The molecule has 0 bridgehead atoms. The number of likely N-dealkylation sites (tertiary alicyclic amines) is 1. The summed E-state index contributed by atoms with van der Waals surface area (Å²) < 4.78 is 0. The molecule has 156 valence electrons. The van der Waals surface area contributed by atoms with Crippen molar-refractivity contribution >= 4 is 12.0 Å². The summed E-state index contributed by atoms with van der Waals surface area (Å²) in [5.74, 6) is 0.764. The van der Waals surface area contributed by atoms with Gasteiger partial charge in [-0.3, -0.25) is 9.69 Å². The Morgan fingerprint density at radius 2 is 1.67 bits per heavy atom. The quantitative estimate of drug-likeness (QED) is 0.640. The lowest BCUT2D eigenvalue weighted by atomic mass is 9.80. The van der Waals surface area contributed by atoms with Gasteiger partial charge in [-0.15, -0.1) is 0 Å². The van der Waals surface area contributed by atoms with Gasteiger partial charge in [-0.1, -0.05) is 46.0 Å². The Bertz CT molecular complexity index is 456. The van der Waals surface area contributed by atoms with Gasteiger partial charge in [0.05, 0.1) is 6.54 Å². The first-order valence-corrected chi connectivity index (χ1v) is 11.0. The van der Waals surface area contributed by atoms with Crippen molar-refractivity contribution in [3.8, 4) is 0 Å². The van der Waals surface area contributed by atoms with Gasteiger partial charge in [-0.05, 0) is 44.1 Å². The van der Waals surface area contributed by atoms with Crippen LogP contribution < -0.4 is 5.32 Å². The molecule has 6 heteroatoms. The highest BCUT2D eigenvalue weighted by Crippen LogP contribution is 2.31. The first kappa shape index (κ1) is 22.0. The second-order valence-corrected chi connectivity index (χ2v) is 8.39. The first-order valence-electron chi connectivity index (χ1n) is 11.0. The van der Waals surface area contributed by atoms with E-state index in [2.05, 4.69) is 12.2 Å².